The molecule has 1 aromatic carbocycles. The van der Waals surface area contributed by atoms with Gasteiger partial charge in [-0.2, -0.15) is 0 Å². The smallest absolute Gasteiger partial charge is 0.253 e. The lowest BCUT2D eigenvalue weighted by atomic mass is 9.83. The molecule has 1 fully saturated rings. The Morgan fingerprint density at radius 1 is 1.13 bits per heavy atom. The molecule has 0 aliphatic carbocycles. The standard InChI is InChI=1S/C23H31N5O2/c1-15(2)28-13-10-20-21(25-14-24-20)22(28)17-8-11-27(12-9-17)23(30)18-4-6-19(7-5-18)26-16(3)29/h4-7,14-15,17,22H,8-13H2,1-3H3,(H,24,25)(H,26,29). The first kappa shape index (κ1) is 20.6. The van der Waals surface area contributed by atoms with E-state index in [0.29, 0.717) is 29.3 Å². The summed E-state index contributed by atoms with van der Waals surface area (Å²) in [4.78, 5) is 36.6. The number of nitrogens with zero attached hydrogens (tertiary/aromatic N) is 3. The number of fused-ring (bicyclic) bond motifs is 1. The summed E-state index contributed by atoms with van der Waals surface area (Å²) in [6.45, 7) is 8.57. The van der Waals surface area contributed by atoms with E-state index in [0.717, 1.165) is 38.9 Å². The minimum absolute atomic E-state index is 0.0626. The molecule has 2 aromatic rings. The molecule has 2 aliphatic heterocycles. The summed E-state index contributed by atoms with van der Waals surface area (Å²) >= 11 is 0. The number of aromatic nitrogens is 2. The number of imidazole rings is 1. The van der Waals surface area contributed by atoms with Crippen LogP contribution < -0.4 is 5.32 Å². The van der Waals surface area contributed by atoms with Crippen molar-refractivity contribution in [2.45, 2.75) is 52.1 Å². The van der Waals surface area contributed by atoms with E-state index < -0.39 is 0 Å². The normalized spacial score (nSPS) is 20.3. The van der Waals surface area contributed by atoms with Crippen LogP contribution in [-0.4, -0.2) is 57.3 Å². The number of carbonyl (C=O) groups excluding carboxylic acids is 2. The van der Waals surface area contributed by atoms with Crippen molar-refractivity contribution in [1.29, 1.82) is 0 Å². The van der Waals surface area contributed by atoms with Crippen LogP contribution in [0.5, 0.6) is 0 Å². The number of rotatable bonds is 4. The van der Waals surface area contributed by atoms with Crippen LogP contribution in [0.1, 0.15) is 61.4 Å². The van der Waals surface area contributed by atoms with Gasteiger partial charge in [-0.3, -0.25) is 14.5 Å². The number of H-pyrrole nitrogens is 1. The van der Waals surface area contributed by atoms with E-state index in [1.807, 2.05) is 11.2 Å². The van der Waals surface area contributed by atoms with Crippen molar-refractivity contribution >= 4 is 17.5 Å². The van der Waals surface area contributed by atoms with Gasteiger partial charge in [-0.05, 0) is 56.9 Å². The Morgan fingerprint density at radius 3 is 2.47 bits per heavy atom. The third kappa shape index (κ3) is 4.12. The summed E-state index contributed by atoms with van der Waals surface area (Å²) in [5.74, 6) is 0.447. The number of hydrogen-bond donors (Lipinski definition) is 2. The van der Waals surface area contributed by atoms with Gasteiger partial charge in [0.2, 0.25) is 5.91 Å². The number of amides is 2. The van der Waals surface area contributed by atoms with E-state index in [4.69, 9.17) is 0 Å². The third-order valence-electron chi connectivity index (χ3n) is 6.40. The molecule has 1 saturated heterocycles. The zero-order valence-corrected chi connectivity index (χ0v) is 18.0. The second-order valence-corrected chi connectivity index (χ2v) is 8.68. The molecule has 0 saturated carbocycles. The first-order chi connectivity index (χ1) is 14.4. The summed E-state index contributed by atoms with van der Waals surface area (Å²) in [6, 6.07) is 7.94. The summed E-state index contributed by atoms with van der Waals surface area (Å²) in [7, 11) is 0. The van der Waals surface area contributed by atoms with Gasteiger partial charge in [0.1, 0.15) is 0 Å². The maximum atomic E-state index is 13.0. The van der Waals surface area contributed by atoms with Crippen LogP contribution in [0.25, 0.3) is 0 Å². The highest BCUT2D eigenvalue weighted by molar-refractivity contribution is 5.95. The number of aromatic amines is 1. The SMILES string of the molecule is CC(=O)Nc1ccc(C(=O)N2CCC(C3c4nc[nH]c4CCN3C(C)C)CC2)cc1. The van der Waals surface area contributed by atoms with Crippen LogP contribution in [0, 0.1) is 5.92 Å². The predicted octanol–water partition coefficient (Wildman–Crippen LogP) is 3.23. The van der Waals surface area contributed by atoms with Crippen LogP contribution >= 0.6 is 0 Å². The molecule has 30 heavy (non-hydrogen) atoms. The molecular formula is C23H31N5O2. The lowest BCUT2D eigenvalue weighted by Gasteiger charge is -2.44. The van der Waals surface area contributed by atoms with E-state index in [-0.39, 0.29) is 11.8 Å². The fourth-order valence-electron chi connectivity index (χ4n) is 4.90. The van der Waals surface area contributed by atoms with Gasteiger partial charge in [-0.1, -0.05) is 0 Å². The highest BCUT2D eigenvalue weighted by atomic mass is 16.2. The number of nitrogens with one attached hydrogen (secondary N) is 2. The molecule has 0 bridgehead atoms. The number of likely N-dealkylation sites (tertiary alicyclic amines) is 1. The van der Waals surface area contributed by atoms with Crippen molar-refractivity contribution in [3.8, 4) is 0 Å². The Kier molecular flexibility index (Phi) is 5.90. The van der Waals surface area contributed by atoms with Gasteiger partial charge >= 0.3 is 0 Å². The van der Waals surface area contributed by atoms with E-state index >= 15 is 0 Å². The maximum absolute atomic E-state index is 13.0. The van der Waals surface area contributed by atoms with Gasteiger partial charge < -0.3 is 15.2 Å². The van der Waals surface area contributed by atoms with Gasteiger partial charge in [-0.25, -0.2) is 4.98 Å². The molecule has 1 aromatic heterocycles. The van der Waals surface area contributed by atoms with Crippen LogP contribution in [-0.2, 0) is 11.2 Å². The fourth-order valence-corrected chi connectivity index (χ4v) is 4.90. The zero-order valence-electron chi connectivity index (χ0n) is 18.0. The zero-order chi connectivity index (χ0) is 21.3. The van der Waals surface area contributed by atoms with Gasteiger partial charge in [0.05, 0.1) is 18.1 Å². The second-order valence-electron chi connectivity index (χ2n) is 8.68. The van der Waals surface area contributed by atoms with Crippen molar-refractivity contribution < 1.29 is 9.59 Å². The molecule has 0 spiro atoms. The summed E-state index contributed by atoms with van der Waals surface area (Å²) in [5, 5.41) is 2.73. The lowest BCUT2D eigenvalue weighted by molar-refractivity contribution is -0.114. The Bertz CT molecular complexity index is 897. The molecule has 7 nitrogen and oxygen atoms in total. The molecule has 3 heterocycles. The van der Waals surface area contributed by atoms with Crippen LogP contribution in [0.2, 0.25) is 0 Å². The largest absolute Gasteiger partial charge is 0.348 e. The van der Waals surface area contributed by atoms with Crippen LogP contribution in [0.4, 0.5) is 5.69 Å². The van der Waals surface area contributed by atoms with Crippen LogP contribution in [0.3, 0.4) is 0 Å². The molecule has 0 radical (unpaired) electrons. The molecule has 2 amide bonds. The van der Waals surface area contributed by atoms with Gasteiger partial charge in [-0.15, -0.1) is 0 Å². The monoisotopic (exact) mass is 409 g/mol. The molecule has 1 unspecified atom stereocenters. The molecule has 2 N–H and O–H groups in total. The van der Waals surface area contributed by atoms with Crippen molar-refractivity contribution in [2.24, 2.45) is 5.92 Å². The molecule has 160 valence electrons. The number of hydrogen-bond acceptors (Lipinski definition) is 4. The summed E-state index contributed by atoms with van der Waals surface area (Å²) in [5.41, 5.74) is 3.85. The van der Waals surface area contributed by atoms with Gasteiger partial charge in [0.25, 0.3) is 5.91 Å². The first-order valence-electron chi connectivity index (χ1n) is 10.9. The molecule has 7 heteroatoms. The molecule has 1 atom stereocenters. The average molecular weight is 410 g/mol. The van der Waals surface area contributed by atoms with Crippen molar-refractivity contribution in [1.82, 2.24) is 19.8 Å². The highest BCUT2D eigenvalue weighted by Crippen LogP contribution is 2.39. The minimum atomic E-state index is -0.116. The van der Waals surface area contributed by atoms with Crippen molar-refractivity contribution in [2.75, 3.05) is 25.0 Å². The number of benzene rings is 1. The van der Waals surface area contributed by atoms with Crippen molar-refractivity contribution in [3.63, 3.8) is 0 Å². The third-order valence-corrected chi connectivity index (χ3v) is 6.40. The Morgan fingerprint density at radius 2 is 1.83 bits per heavy atom. The van der Waals surface area contributed by atoms with E-state index in [9.17, 15) is 9.59 Å². The van der Waals surface area contributed by atoms with E-state index in [2.05, 4.69) is 34.0 Å². The van der Waals surface area contributed by atoms with Crippen LogP contribution in [0.15, 0.2) is 30.6 Å². The van der Waals surface area contributed by atoms with Gasteiger partial charge in [0, 0.05) is 56.0 Å². The number of piperidine rings is 1. The Balaban J connectivity index is 1.42. The Labute approximate surface area is 177 Å². The highest BCUT2D eigenvalue weighted by Gasteiger charge is 2.38. The fraction of sp³-hybridized carbons (Fsp3) is 0.522. The van der Waals surface area contributed by atoms with Gasteiger partial charge in [0.15, 0.2) is 0 Å². The molecular weight excluding hydrogens is 378 g/mol. The minimum Gasteiger partial charge on any atom is -0.348 e. The first-order valence-corrected chi connectivity index (χ1v) is 10.9. The number of anilines is 1. The topological polar surface area (TPSA) is 81.3 Å². The van der Waals surface area contributed by atoms with E-state index in [1.54, 1.807) is 24.3 Å². The second kappa shape index (κ2) is 8.60. The number of carbonyl (C=O) groups is 2. The average Bonchev–Trinajstić information content (AvgIpc) is 3.21. The molecule has 2 aliphatic rings. The Hall–Kier alpha value is -2.67. The maximum Gasteiger partial charge on any atom is 0.253 e. The van der Waals surface area contributed by atoms with E-state index in [1.165, 1.54) is 18.3 Å². The summed E-state index contributed by atoms with van der Waals surface area (Å²) < 4.78 is 0. The molecule has 4 rings (SSSR count). The quantitative estimate of drug-likeness (QED) is 0.812. The predicted molar refractivity (Wildman–Crippen MR) is 116 cm³/mol. The summed E-state index contributed by atoms with van der Waals surface area (Å²) in [6.07, 6.45) is 4.81. The van der Waals surface area contributed by atoms with Crippen molar-refractivity contribution in [3.05, 3.63) is 47.5 Å². The lowest BCUT2D eigenvalue weighted by Crippen LogP contribution is -2.47.